The minimum atomic E-state index is -5.09. The van der Waals surface area contributed by atoms with Gasteiger partial charge in [0.1, 0.15) is 10.1 Å². The first kappa shape index (κ1) is 57.8. The summed E-state index contributed by atoms with van der Waals surface area (Å²) in [6.07, 6.45) is 13.5. The number of carboxylic acids is 2. The maximum absolute atomic E-state index is 12.5. The largest absolute Gasteiger partial charge is 1.00 e. The molecule has 0 radical (unpaired) electrons. The Morgan fingerprint density at radius 3 is 1.33 bits per heavy atom. The van der Waals surface area contributed by atoms with Crippen molar-refractivity contribution in [2.45, 2.75) is 9.79 Å². The molecule has 0 aliphatic carbocycles. The van der Waals surface area contributed by atoms with Crippen molar-refractivity contribution in [3.63, 3.8) is 0 Å². The number of rotatable bonds is 18. The van der Waals surface area contributed by atoms with Crippen molar-refractivity contribution in [3.05, 3.63) is 107 Å². The van der Waals surface area contributed by atoms with Gasteiger partial charge in [0.2, 0.25) is 35.7 Å². The molecule has 0 saturated carbocycles. The Kier molecular flexibility index (Phi) is 24.0. The number of nitrogens with one attached hydrogen (secondary N) is 6. The molecule has 0 bridgehead atoms. The van der Waals surface area contributed by atoms with E-state index in [9.17, 15) is 38.0 Å². The van der Waals surface area contributed by atoms with Crippen LogP contribution in [0, 0.1) is 24.9 Å². The Hall–Kier alpha value is -4.36. The molecule has 0 aliphatic heterocycles. The van der Waals surface area contributed by atoms with Crippen LogP contribution in [-0.4, -0.2) is 54.8 Å². The molecule has 2 aromatic heterocycles. The van der Waals surface area contributed by atoms with Gasteiger partial charge in [-0.3, -0.25) is 15.7 Å². The third-order valence-electron chi connectivity index (χ3n) is 7.80. The predicted molar refractivity (Wildman–Crippen MR) is 217 cm³/mol. The number of carbonyl (C=O) groups is 2. The maximum Gasteiger partial charge on any atom is 1.00 e. The molecule has 0 unspecified atom stereocenters. The number of benzene rings is 4. The summed E-state index contributed by atoms with van der Waals surface area (Å²) in [5.41, 5.74) is 1.52. The summed E-state index contributed by atoms with van der Waals surface area (Å²) in [6.45, 7) is 0. The van der Waals surface area contributed by atoms with E-state index in [1.165, 1.54) is 78.9 Å². The fourth-order valence-corrected chi connectivity index (χ4v) is 6.33. The first-order chi connectivity index (χ1) is 29.8. The number of anilines is 10. The van der Waals surface area contributed by atoms with Gasteiger partial charge in [-0.1, -0.05) is 61.4 Å². The van der Waals surface area contributed by atoms with Gasteiger partial charge in [0.25, 0.3) is 0 Å². The summed E-state index contributed by atoms with van der Waals surface area (Å²) in [4.78, 5) is 47.1. The predicted octanol–water partition coefficient (Wildman–Crippen LogP) is -9.92. The molecular weight excluding hydrogens is 941 g/mol. The monoisotopic (exact) mass is 964 g/mol. The molecule has 6 aromatic rings. The van der Waals surface area contributed by atoms with Crippen LogP contribution < -0.4 is 166 Å². The van der Waals surface area contributed by atoms with Gasteiger partial charge in [0.05, 0.1) is 28.9 Å². The molecule has 0 atom stereocenters. The molecule has 6 N–H and O–H groups in total. The molecule has 2 heterocycles. The zero-order valence-corrected chi connectivity index (χ0v) is 44.6. The molecule has 28 heteroatoms. The number of carbonyl (C=O) groups excluding carboxylic acids is 2. The van der Waals surface area contributed by atoms with Crippen LogP contribution in [0.5, 0.6) is 0 Å². The Morgan fingerprint density at radius 1 is 0.576 bits per heavy atom. The van der Waals surface area contributed by atoms with E-state index in [2.05, 4.69) is 83.3 Å². The van der Waals surface area contributed by atoms with Gasteiger partial charge in [-0.05, 0) is 70.8 Å². The third kappa shape index (κ3) is 16.8. The Morgan fingerprint density at radius 2 is 0.939 bits per heavy atom. The van der Waals surface area contributed by atoms with E-state index in [1.54, 1.807) is 12.1 Å². The topological polar surface area (TPSA) is 328 Å². The number of terminal acetylenes is 2. The zero-order chi connectivity index (χ0) is 44.2. The summed E-state index contributed by atoms with van der Waals surface area (Å²) in [5.74, 6) is -2.98. The van der Waals surface area contributed by atoms with Crippen molar-refractivity contribution < 1.29 is 166 Å². The van der Waals surface area contributed by atoms with Crippen LogP contribution in [0.3, 0.4) is 0 Å². The van der Waals surface area contributed by atoms with Crippen molar-refractivity contribution in [1.82, 2.24) is 29.9 Å². The van der Waals surface area contributed by atoms with Gasteiger partial charge in [-0.25, -0.2) is 8.42 Å². The fourth-order valence-electron chi connectivity index (χ4n) is 5.13. The summed E-state index contributed by atoms with van der Waals surface area (Å²) in [7, 11) is -5.09. The van der Waals surface area contributed by atoms with E-state index in [1.807, 2.05) is 0 Å². The van der Waals surface area contributed by atoms with E-state index in [0.29, 0.717) is 34.7 Å². The Bertz CT molecular complexity index is 2890. The average Bonchev–Trinajstić information content (AvgIpc) is 3.23. The fraction of sp³-hybridized carbons (Fsp3) is 0. The molecule has 0 spiro atoms. The molecule has 312 valence electrons. The Balaban J connectivity index is 0.00000374. The number of nitrogens with zero attached hydrogens (tertiary/aromatic N) is 6. The number of hydrogen-bond acceptors (Lipinski definition) is 23. The SMILES string of the molecule is C#CNc1nc(Nc2ccc(C(=O)[O-])cc2)nc(Nc2ccc(C=Cc3ccc(Nc4nc(NC#C)nc(Nc5ccc(C(=O)[O-])cc5)n4)cc3S(=O)(=O)[O-])c(SOO[O-])c2)n1.[Na+].[Na+].[Na+].[Na+]. The molecule has 0 amide bonds. The first-order valence-corrected chi connectivity index (χ1v) is 19.2. The van der Waals surface area contributed by atoms with Gasteiger partial charge in [0, 0.05) is 39.7 Å². The van der Waals surface area contributed by atoms with Crippen molar-refractivity contribution in [2.75, 3.05) is 31.9 Å². The number of aromatic carboxylic acids is 2. The van der Waals surface area contributed by atoms with Crippen molar-refractivity contribution in [2.24, 2.45) is 0 Å². The molecule has 0 aliphatic rings. The van der Waals surface area contributed by atoms with E-state index in [-0.39, 0.29) is 181 Å². The van der Waals surface area contributed by atoms with Crippen LogP contribution in [0.2, 0.25) is 0 Å². The smallest absolute Gasteiger partial charge is 0.744 e. The summed E-state index contributed by atoms with van der Waals surface area (Å²) in [6, 6.07) is 24.0. The van der Waals surface area contributed by atoms with Gasteiger partial charge in [-0.15, -0.1) is 0 Å². The summed E-state index contributed by atoms with van der Waals surface area (Å²) in [5, 5.41) is 53.1. The van der Waals surface area contributed by atoms with Crippen LogP contribution >= 0.6 is 12.0 Å². The zero-order valence-electron chi connectivity index (χ0n) is 35.0. The quantitative estimate of drug-likeness (QED) is 0.00681. The van der Waals surface area contributed by atoms with E-state index in [4.69, 9.17) is 12.8 Å². The molecule has 4 aromatic carbocycles. The Labute approximate surface area is 468 Å². The second kappa shape index (κ2) is 27.5. The van der Waals surface area contributed by atoms with Crippen LogP contribution in [0.1, 0.15) is 31.8 Å². The summed E-state index contributed by atoms with van der Waals surface area (Å²) < 4.78 is 42.1. The van der Waals surface area contributed by atoms with Crippen LogP contribution in [-0.2, 0) is 19.5 Å². The van der Waals surface area contributed by atoms with Crippen molar-refractivity contribution >= 4 is 105 Å². The third-order valence-corrected chi connectivity index (χ3v) is 9.34. The first-order valence-electron chi connectivity index (χ1n) is 17.0. The second-order valence-electron chi connectivity index (χ2n) is 11.9. The van der Waals surface area contributed by atoms with Gasteiger partial charge < -0.3 is 50.9 Å². The normalized spacial score (nSPS) is 10.2. The van der Waals surface area contributed by atoms with Crippen molar-refractivity contribution in [1.29, 1.82) is 0 Å². The van der Waals surface area contributed by atoms with Crippen LogP contribution in [0.4, 0.5) is 58.4 Å². The maximum atomic E-state index is 12.5. The standard InChI is InChI=1S/C38H28N12O10S2.4Na/c1-3-39-33-45-35(41-25-13-9-23(10-14-25)31(51)52)49-37(47-33)43-27-17-7-21(29(19-27)61-60-59-55)5-6-22-8-18-28(20-30(22)62(56,57)58)44-38-48-34(40-4-2)46-36(50-38)42-26-15-11-24(12-16-26)32(53)54;;;;/h1-2,5-20,55H,(H,51,52)(H,53,54)(H,56,57,58)(H3,39,41,43,45,47,49)(H3,40,42,44,46,48,50);;;;/q;4*+1/p-4. The molecular formula is C38H24N12Na4O10S2. The summed E-state index contributed by atoms with van der Waals surface area (Å²) >= 11 is 0.513. The van der Waals surface area contributed by atoms with Crippen LogP contribution in [0.25, 0.3) is 12.2 Å². The van der Waals surface area contributed by atoms with E-state index >= 15 is 0 Å². The van der Waals surface area contributed by atoms with E-state index < -0.39 is 27.0 Å². The van der Waals surface area contributed by atoms with Crippen molar-refractivity contribution in [3.8, 4) is 24.9 Å². The minimum Gasteiger partial charge on any atom is -0.744 e. The molecule has 6 rings (SSSR count). The average molecular weight is 965 g/mol. The molecule has 0 saturated heterocycles. The van der Waals surface area contributed by atoms with Gasteiger partial charge >= 0.3 is 118 Å². The minimum absolute atomic E-state index is 0. The van der Waals surface area contributed by atoms with Gasteiger partial charge in [0.15, 0.2) is 0 Å². The van der Waals surface area contributed by atoms with E-state index in [0.717, 1.165) is 6.07 Å². The molecule has 22 nitrogen and oxygen atoms in total. The second-order valence-corrected chi connectivity index (χ2v) is 14.0. The molecule has 66 heavy (non-hydrogen) atoms. The molecule has 0 fully saturated rings. The van der Waals surface area contributed by atoms with Crippen LogP contribution in [0.15, 0.2) is 94.7 Å². The number of aromatic nitrogens is 6. The van der Waals surface area contributed by atoms with Gasteiger partial charge in [-0.2, -0.15) is 34.2 Å². The number of carboxylic acid groups (broad SMARTS) is 2. The number of hydrogen-bond donors (Lipinski definition) is 6.